The number of rotatable bonds is 3. The summed E-state index contributed by atoms with van der Waals surface area (Å²) in [4.78, 5) is 15.0. The van der Waals surface area contributed by atoms with Gasteiger partial charge in [-0.15, -0.1) is 0 Å². The lowest BCUT2D eigenvalue weighted by Crippen LogP contribution is -2.04. The summed E-state index contributed by atoms with van der Waals surface area (Å²) < 4.78 is 0.665. The first-order valence-electron chi connectivity index (χ1n) is 5.64. The van der Waals surface area contributed by atoms with Gasteiger partial charge in [0.25, 0.3) is 0 Å². The molecule has 0 aliphatic carbocycles. The minimum Gasteiger partial charge on any atom is -0.334 e. The van der Waals surface area contributed by atoms with Crippen LogP contribution in [0.5, 0.6) is 0 Å². The first-order chi connectivity index (χ1) is 9.00. The minimum atomic E-state index is -0.419. The quantitative estimate of drug-likeness (QED) is 0.682. The van der Waals surface area contributed by atoms with Crippen LogP contribution in [0.1, 0.15) is 11.3 Å². The zero-order chi connectivity index (χ0) is 14.0. The van der Waals surface area contributed by atoms with Gasteiger partial charge in [-0.1, -0.05) is 18.2 Å². The standard InChI is InChI=1S/C13H12BrN3O2/c1-8-11(14)9(2)15-13(12(8)17(18)19)16-10-6-4-3-5-7-10/h3-7H,1-2H3,(H,15,16). The van der Waals surface area contributed by atoms with E-state index in [1.807, 2.05) is 30.3 Å². The van der Waals surface area contributed by atoms with Crippen LogP contribution in [0, 0.1) is 24.0 Å². The number of nitrogens with zero attached hydrogens (tertiary/aromatic N) is 2. The number of hydrogen-bond donors (Lipinski definition) is 1. The third-order valence-electron chi connectivity index (χ3n) is 2.73. The Morgan fingerprint density at radius 1 is 1.26 bits per heavy atom. The Morgan fingerprint density at radius 2 is 1.89 bits per heavy atom. The van der Waals surface area contributed by atoms with E-state index in [2.05, 4.69) is 26.2 Å². The van der Waals surface area contributed by atoms with E-state index < -0.39 is 4.92 Å². The molecule has 19 heavy (non-hydrogen) atoms. The highest BCUT2D eigenvalue weighted by Gasteiger charge is 2.23. The van der Waals surface area contributed by atoms with Gasteiger partial charge in [0.15, 0.2) is 0 Å². The van der Waals surface area contributed by atoms with Crippen molar-refractivity contribution >= 4 is 33.1 Å². The molecule has 1 heterocycles. The molecule has 0 amide bonds. The summed E-state index contributed by atoms with van der Waals surface area (Å²) in [6, 6.07) is 9.25. The monoisotopic (exact) mass is 321 g/mol. The number of aromatic nitrogens is 1. The molecule has 0 bridgehead atoms. The Morgan fingerprint density at radius 3 is 2.47 bits per heavy atom. The Labute approximate surface area is 119 Å². The Hall–Kier alpha value is -1.95. The molecule has 0 unspecified atom stereocenters. The second-order valence-corrected chi connectivity index (χ2v) is 4.87. The summed E-state index contributed by atoms with van der Waals surface area (Å²) >= 11 is 3.32. The molecule has 0 spiro atoms. The summed E-state index contributed by atoms with van der Waals surface area (Å²) in [7, 11) is 0. The van der Waals surface area contributed by atoms with Crippen molar-refractivity contribution in [2.75, 3.05) is 5.32 Å². The third-order valence-corrected chi connectivity index (χ3v) is 3.89. The van der Waals surface area contributed by atoms with Crippen LogP contribution in [0.25, 0.3) is 0 Å². The molecule has 0 aliphatic heterocycles. The molecule has 5 nitrogen and oxygen atoms in total. The number of anilines is 2. The van der Waals surface area contributed by atoms with Crippen molar-refractivity contribution in [1.82, 2.24) is 4.98 Å². The fourth-order valence-corrected chi connectivity index (χ4v) is 2.07. The predicted molar refractivity (Wildman–Crippen MR) is 77.8 cm³/mol. The number of benzene rings is 1. The van der Waals surface area contributed by atoms with E-state index in [0.717, 1.165) is 5.69 Å². The van der Waals surface area contributed by atoms with E-state index in [-0.39, 0.29) is 11.5 Å². The molecule has 0 saturated carbocycles. The van der Waals surface area contributed by atoms with Crippen molar-refractivity contribution < 1.29 is 4.92 Å². The van der Waals surface area contributed by atoms with E-state index in [1.165, 1.54) is 0 Å². The zero-order valence-electron chi connectivity index (χ0n) is 10.5. The van der Waals surface area contributed by atoms with Crippen LogP contribution in [0.3, 0.4) is 0 Å². The van der Waals surface area contributed by atoms with Crippen LogP contribution < -0.4 is 5.32 Å². The number of para-hydroxylation sites is 1. The fourth-order valence-electron chi connectivity index (χ4n) is 1.79. The molecular weight excluding hydrogens is 310 g/mol. The minimum absolute atomic E-state index is 0.0127. The normalized spacial score (nSPS) is 10.3. The van der Waals surface area contributed by atoms with Gasteiger partial charge in [-0.3, -0.25) is 10.1 Å². The van der Waals surface area contributed by atoms with Crippen LogP contribution in [0.4, 0.5) is 17.2 Å². The topological polar surface area (TPSA) is 68.1 Å². The summed E-state index contributed by atoms with van der Waals surface area (Å²) in [5, 5.41) is 14.2. The van der Waals surface area contributed by atoms with Gasteiger partial charge in [-0.2, -0.15) is 0 Å². The highest BCUT2D eigenvalue weighted by atomic mass is 79.9. The summed E-state index contributed by atoms with van der Waals surface area (Å²) in [5.41, 5.74) is 2.03. The van der Waals surface area contributed by atoms with Crippen molar-refractivity contribution in [3.8, 4) is 0 Å². The van der Waals surface area contributed by atoms with Gasteiger partial charge < -0.3 is 5.32 Å². The fraction of sp³-hybridized carbons (Fsp3) is 0.154. The smallest absolute Gasteiger partial charge is 0.315 e. The van der Waals surface area contributed by atoms with Gasteiger partial charge in [0.2, 0.25) is 5.82 Å². The molecule has 6 heteroatoms. The van der Waals surface area contributed by atoms with Crippen molar-refractivity contribution in [3.63, 3.8) is 0 Å². The maximum atomic E-state index is 11.2. The van der Waals surface area contributed by atoms with Gasteiger partial charge in [0, 0.05) is 15.7 Å². The summed E-state index contributed by atoms with van der Waals surface area (Å²) in [6.07, 6.45) is 0. The molecule has 1 N–H and O–H groups in total. The first-order valence-corrected chi connectivity index (χ1v) is 6.43. The number of nitrogens with one attached hydrogen (secondary N) is 1. The highest BCUT2D eigenvalue weighted by Crippen LogP contribution is 2.34. The van der Waals surface area contributed by atoms with E-state index in [0.29, 0.717) is 15.7 Å². The van der Waals surface area contributed by atoms with Gasteiger partial charge >= 0.3 is 5.69 Å². The largest absolute Gasteiger partial charge is 0.334 e. The molecule has 0 atom stereocenters. The summed E-state index contributed by atoms with van der Waals surface area (Å²) in [6.45, 7) is 3.50. The van der Waals surface area contributed by atoms with E-state index in [9.17, 15) is 10.1 Å². The van der Waals surface area contributed by atoms with Gasteiger partial charge in [-0.25, -0.2) is 4.98 Å². The van der Waals surface area contributed by atoms with Crippen molar-refractivity contribution in [2.45, 2.75) is 13.8 Å². The molecule has 98 valence electrons. The molecule has 1 aromatic carbocycles. The average molecular weight is 322 g/mol. The number of nitro groups is 1. The lowest BCUT2D eigenvalue weighted by atomic mass is 10.2. The zero-order valence-corrected chi connectivity index (χ0v) is 12.1. The van der Waals surface area contributed by atoms with E-state index >= 15 is 0 Å². The van der Waals surface area contributed by atoms with Crippen LogP contribution in [-0.2, 0) is 0 Å². The van der Waals surface area contributed by atoms with Crippen molar-refractivity contribution in [1.29, 1.82) is 0 Å². The Bertz CT molecular complexity index is 630. The molecule has 0 aliphatic rings. The Balaban J connectivity index is 2.53. The molecule has 0 radical (unpaired) electrons. The van der Waals surface area contributed by atoms with Crippen LogP contribution in [0.15, 0.2) is 34.8 Å². The third kappa shape index (κ3) is 2.73. The van der Waals surface area contributed by atoms with Gasteiger partial charge in [0.1, 0.15) is 0 Å². The Kier molecular flexibility index (Phi) is 3.80. The molecule has 2 aromatic rings. The number of aryl methyl sites for hydroxylation is 1. The van der Waals surface area contributed by atoms with Crippen molar-refractivity contribution in [2.24, 2.45) is 0 Å². The van der Waals surface area contributed by atoms with Gasteiger partial charge in [-0.05, 0) is 41.9 Å². The molecule has 1 aromatic heterocycles. The van der Waals surface area contributed by atoms with Gasteiger partial charge in [0.05, 0.1) is 10.6 Å². The number of pyridine rings is 1. The van der Waals surface area contributed by atoms with Crippen molar-refractivity contribution in [3.05, 3.63) is 56.2 Å². The lowest BCUT2D eigenvalue weighted by molar-refractivity contribution is -0.384. The van der Waals surface area contributed by atoms with Crippen LogP contribution in [0.2, 0.25) is 0 Å². The second-order valence-electron chi connectivity index (χ2n) is 4.08. The number of hydrogen-bond acceptors (Lipinski definition) is 4. The first kappa shape index (κ1) is 13.5. The van der Waals surface area contributed by atoms with E-state index in [4.69, 9.17) is 0 Å². The molecular formula is C13H12BrN3O2. The highest BCUT2D eigenvalue weighted by molar-refractivity contribution is 9.10. The average Bonchev–Trinajstić information content (AvgIpc) is 2.37. The maximum Gasteiger partial charge on any atom is 0.315 e. The molecule has 2 rings (SSSR count). The molecule has 0 saturated heterocycles. The summed E-state index contributed by atoms with van der Waals surface area (Å²) in [5.74, 6) is 0.259. The number of halogens is 1. The maximum absolute atomic E-state index is 11.2. The SMILES string of the molecule is Cc1nc(Nc2ccccc2)c([N+](=O)[O-])c(C)c1Br. The van der Waals surface area contributed by atoms with E-state index in [1.54, 1.807) is 13.8 Å². The molecule has 0 fully saturated rings. The van der Waals surface area contributed by atoms with Crippen LogP contribution >= 0.6 is 15.9 Å². The van der Waals surface area contributed by atoms with Crippen LogP contribution in [-0.4, -0.2) is 9.91 Å². The second kappa shape index (κ2) is 5.36. The predicted octanol–water partition coefficient (Wildman–Crippen LogP) is 4.11. The lowest BCUT2D eigenvalue weighted by Gasteiger charge is -2.10.